The van der Waals surface area contributed by atoms with Crippen LogP contribution in [-0.4, -0.2) is 46.3 Å². The average Bonchev–Trinajstić information content (AvgIpc) is 3.74. The lowest BCUT2D eigenvalue weighted by Crippen LogP contribution is -2.08. The Morgan fingerprint density at radius 3 is 2.58 bits per heavy atom. The lowest BCUT2D eigenvalue weighted by molar-refractivity contribution is 0.301. The number of aryl methyl sites for hydroxylation is 3. The molecule has 0 spiro atoms. The summed E-state index contributed by atoms with van der Waals surface area (Å²) in [5, 5.41) is 14.6. The van der Waals surface area contributed by atoms with Crippen LogP contribution in [0, 0.1) is 6.92 Å². The maximum atomic E-state index is 6.02. The van der Waals surface area contributed by atoms with Crippen molar-refractivity contribution in [2.75, 3.05) is 6.61 Å². The van der Waals surface area contributed by atoms with E-state index in [1.165, 1.54) is 18.7 Å². The highest BCUT2D eigenvalue weighted by atomic mass is 16.5. The van der Waals surface area contributed by atoms with E-state index in [9.17, 15) is 0 Å². The first kappa shape index (κ1) is 24.3. The molecule has 0 atom stereocenters. The number of nitrogens with one attached hydrogen (secondary N) is 1. The second-order valence-electron chi connectivity index (χ2n) is 10.2. The molecule has 6 aromatic rings. The van der Waals surface area contributed by atoms with Gasteiger partial charge in [-0.1, -0.05) is 48.5 Å². The van der Waals surface area contributed by atoms with Crippen molar-refractivity contribution in [1.29, 1.82) is 0 Å². The summed E-state index contributed by atoms with van der Waals surface area (Å²) < 4.78 is 10.5. The van der Waals surface area contributed by atoms with Gasteiger partial charge in [0.25, 0.3) is 6.01 Å². The minimum absolute atomic E-state index is 0.550. The maximum absolute atomic E-state index is 6.02. The SMILES string of the molecule is CCOc1nc2c(C)cc(-c3cn4c(n3)CCCC4)cc2n1Cc1ccc(-c2ccccc2-c2nn[nH]n2)cc1. The third-order valence-corrected chi connectivity index (χ3v) is 7.61. The van der Waals surface area contributed by atoms with E-state index in [2.05, 4.69) is 85.3 Å². The number of hydrogen-bond acceptors (Lipinski definition) is 6. The monoisotopic (exact) mass is 530 g/mol. The smallest absolute Gasteiger partial charge is 0.297 e. The summed E-state index contributed by atoms with van der Waals surface area (Å²) >= 11 is 0. The summed E-state index contributed by atoms with van der Waals surface area (Å²) in [4.78, 5) is 9.87. The highest BCUT2D eigenvalue weighted by molar-refractivity contribution is 5.86. The molecule has 0 aliphatic carbocycles. The van der Waals surface area contributed by atoms with Gasteiger partial charge in [0.15, 0.2) is 0 Å². The molecule has 9 heteroatoms. The van der Waals surface area contributed by atoms with Gasteiger partial charge in [-0.05, 0) is 66.3 Å². The summed E-state index contributed by atoms with van der Waals surface area (Å²) in [5.41, 5.74) is 9.51. The second kappa shape index (κ2) is 10.1. The Morgan fingerprint density at radius 1 is 0.950 bits per heavy atom. The van der Waals surface area contributed by atoms with Crippen molar-refractivity contribution >= 4 is 11.0 Å². The summed E-state index contributed by atoms with van der Waals surface area (Å²) in [5.74, 6) is 1.76. The quantitative estimate of drug-likeness (QED) is 0.278. The average molecular weight is 531 g/mol. The number of tetrazole rings is 1. The van der Waals surface area contributed by atoms with Crippen molar-refractivity contribution in [2.24, 2.45) is 0 Å². The van der Waals surface area contributed by atoms with Crippen molar-refractivity contribution in [3.63, 3.8) is 0 Å². The van der Waals surface area contributed by atoms with Crippen molar-refractivity contribution in [3.8, 4) is 39.8 Å². The maximum Gasteiger partial charge on any atom is 0.297 e. The van der Waals surface area contributed by atoms with Crippen LogP contribution in [0.2, 0.25) is 0 Å². The fraction of sp³-hybridized carbons (Fsp3) is 0.258. The topological polar surface area (TPSA) is 99.3 Å². The number of hydrogen-bond donors (Lipinski definition) is 1. The number of imidazole rings is 2. The zero-order chi connectivity index (χ0) is 27.1. The summed E-state index contributed by atoms with van der Waals surface area (Å²) in [7, 11) is 0. The minimum Gasteiger partial charge on any atom is -0.465 e. The Morgan fingerprint density at radius 2 is 1.80 bits per heavy atom. The first-order valence-corrected chi connectivity index (χ1v) is 13.8. The fourth-order valence-corrected chi connectivity index (χ4v) is 5.64. The van der Waals surface area contributed by atoms with Crippen LogP contribution in [0.5, 0.6) is 6.01 Å². The van der Waals surface area contributed by atoms with E-state index in [0.717, 1.165) is 63.1 Å². The Bertz CT molecular complexity index is 1770. The zero-order valence-electron chi connectivity index (χ0n) is 22.6. The van der Waals surface area contributed by atoms with Crippen LogP contribution in [0.3, 0.4) is 0 Å². The van der Waals surface area contributed by atoms with Gasteiger partial charge in [-0.3, -0.25) is 4.57 Å². The number of nitrogens with zero attached hydrogens (tertiary/aromatic N) is 7. The molecule has 4 heterocycles. The molecule has 0 radical (unpaired) electrons. The Labute approximate surface area is 231 Å². The van der Waals surface area contributed by atoms with Crippen LogP contribution in [0.25, 0.3) is 44.8 Å². The molecule has 0 bridgehead atoms. The summed E-state index contributed by atoms with van der Waals surface area (Å²) in [6.45, 7) is 6.35. The van der Waals surface area contributed by atoms with E-state index in [1.54, 1.807) is 0 Å². The fourth-order valence-electron chi connectivity index (χ4n) is 5.64. The van der Waals surface area contributed by atoms with Gasteiger partial charge < -0.3 is 9.30 Å². The molecule has 3 aromatic carbocycles. The van der Waals surface area contributed by atoms with Crippen LogP contribution >= 0.6 is 0 Å². The highest BCUT2D eigenvalue weighted by Crippen LogP contribution is 2.33. The first-order valence-electron chi connectivity index (χ1n) is 13.8. The number of H-pyrrole nitrogens is 1. The third kappa shape index (κ3) is 4.33. The Hall–Kier alpha value is -4.79. The molecule has 1 aliphatic rings. The third-order valence-electron chi connectivity index (χ3n) is 7.61. The molecular formula is C31H30N8O. The predicted octanol–water partition coefficient (Wildman–Crippen LogP) is 5.84. The molecular weight excluding hydrogens is 500 g/mol. The van der Waals surface area contributed by atoms with Gasteiger partial charge in [-0.15, -0.1) is 10.2 Å². The molecule has 0 amide bonds. The van der Waals surface area contributed by atoms with E-state index in [4.69, 9.17) is 14.7 Å². The van der Waals surface area contributed by atoms with Crippen LogP contribution in [0.4, 0.5) is 0 Å². The number of ether oxygens (including phenoxy) is 1. The first-order chi connectivity index (χ1) is 19.7. The van der Waals surface area contributed by atoms with Gasteiger partial charge in [0.05, 0.1) is 29.9 Å². The van der Waals surface area contributed by atoms with Crippen molar-refractivity contribution in [3.05, 3.63) is 83.8 Å². The predicted molar refractivity (Wildman–Crippen MR) is 154 cm³/mol. The molecule has 40 heavy (non-hydrogen) atoms. The van der Waals surface area contributed by atoms with Gasteiger partial charge in [0, 0.05) is 30.3 Å². The molecule has 0 fully saturated rings. The van der Waals surface area contributed by atoms with Gasteiger partial charge in [-0.25, -0.2) is 4.98 Å². The number of rotatable bonds is 7. The van der Waals surface area contributed by atoms with E-state index >= 15 is 0 Å². The van der Waals surface area contributed by atoms with E-state index in [-0.39, 0.29) is 0 Å². The Balaban J connectivity index is 1.25. The second-order valence-corrected chi connectivity index (χ2v) is 10.2. The molecule has 200 valence electrons. The highest BCUT2D eigenvalue weighted by Gasteiger charge is 2.19. The summed E-state index contributed by atoms with van der Waals surface area (Å²) in [6.07, 6.45) is 5.67. The van der Waals surface area contributed by atoms with Crippen LogP contribution < -0.4 is 4.74 Å². The van der Waals surface area contributed by atoms with Gasteiger partial charge >= 0.3 is 0 Å². The van der Waals surface area contributed by atoms with Crippen LogP contribution in [-0.2, 0) is 19.5 Å². The lowest BCUT2D eigenvalue weighted by atomic mass is 9.98. The number of aromatic amines is 1. The zero-order valence-corrected chi connectivity index (χ0v) is 22.6. The molecule has 0 saturated carbocycles. The van der Waals surface area contributed by atoms with Crippen molar-refractivity contribution < 1.29 is 4.74 Å². The van der Waals surface area contributed by atoms with Gasteiger partial charge in [0.2, 0.25) is 5.82 Å². The minimum atomic E-state index is 0.550. The van der Waals surface area contributed by atoms with E-state index < -0.39 is 0 Å². The molecule has 1 N–H and O–H groups in total. The Kier molecular flexibility index (Phi) is 6.11. The van der Waals surface area contributed by atoms with Crippen LogP contribution in [0.15, 0.2) is 66.9 Å². The standard InChI is InChI=1S/C31H30N8O/c1-3-40-31-33-29-20(2)16-23(26-19-38-15-7-6-10-28(38)32-26)17-27(29)39(31)18-21-11-13-22(14-12-21)24-8-4-5-9-25(24)30-34-36-37-35-30/h4-5,8-9,11-14,16-17,19H,3,6-7,10,15,18H2,1-2H3,(H,34,35,36,37). The molecule has 0 saturated heterocycles. The number of aromatic nitrogens is 8. The molecule has 9 nitrogen and oxygen atoms in total. The normalized spacial score (nSPS) is 13.1. The van der Waals surface area contributed by atoms with Gasteiger partial charge in [0.1, 0.15) is 5.82 Å². The number of benzene rings is 3. The molecule has 0 unspecified atom stereocenters. The summed E-state index contributed by atoms with van der Waals surface area (Å²) in [6, 6.07) is 21.7. The van der Waals surface area contributed by atoms with Crippen molar-refractivity contribution in [1.82, 2.24) is 39.7 Å². The largest absolute Gasteiger partial charge is 0.465 e. The number of fused-ring (bicyclic) bond motifs is 2. The van der Waals surface area contributed by atoms with Crippen LogP contribution in [0.1, 0.15) is 36.7 Å². The lowest BCUT2D eigenvalue weighted by Gasteiger charge is -2.12. The van der Waals surface area contributed by atoms with Gasteiger partial charge in [-0.2, -0.15) is 10.2 Å². The van der Waals surface area contributed by atoms with E-state index in [1.807, 2.05) is 25.1 Å². The molecule has 1 aliphatic heterocycles. The van der Waals surface area contributed by atoms with Crippen molar-refractivity contribution in [2.45, 2.75) is 46.2 Å². The van der Waals surface area contributed by atoms with E-state index in [0.29, 0.717) is 25.0 Å². The molecule has 7 rings (SSSR count). The molecule has 3 aromatic heterocycles.